The maximum atomic E-state index is 12.5. The second-order valence-electron chi connectivity index (χ2n) is 6.56. The Bertz CT molecular complexity index is 1010. The molecule has 4 nitrogen and oxygen atoms in total. The van der Waals surface area contributed by atoms with E-state index in [1.165, 1.54) is 0 Å². The van der Waals surface area contributed by atoms with Crippen molar-refractivity contribution in [1.29, 1.82) is 0 Å². The van der Waals surface area contributed by atoms with Gasteiger partial charge in [-0.05, 0) is 23.8 Å². The van der Waals surface area contributed by atoms with Gasteiger partial charge >= 0.3 is 0 Å². The van der Waals surface area contributed by atoms with Crippen LogP contribution in [0.5, 0.6) is 11.5 Å². The van der Waals surface area contributed by atoms with E-state index in [-0.39, 0.29) is 11.8 Å². The number of carbonyl (C=O) groups excluding carboxylic acids is 1. The first kappa shape index (κ1) is 18.3. The SMILES string of the molecule is C=CCOc1ccccc1[C@@H]1CC(=O)Nc2c(-c3ccc(OC)cc3)csc21. The molecule has 1 N–H and O–H groups in total. The number of para-hydroxylation sites is 1. The van der Waals surface area contributed by atoms with Crippen LogP contribution in [0.1, 0.15) is 22.8 Å². The van der Waals surface area contributed by atoms with Gasteiger partial charge in [-0.15, -0.1) is 11.3 Å². The Balaban J connectivity index is 1.76. The Labute approximate surface area is 168 Å². The van der Waals surface area contributed by atoms with Crippen LogP contribution < -0.4 is 14.8 Å². The van der Waals surface area contributed by atoms with Crippen molar-refractivity contribution < 1.29 is 14.3 Å². The van der Waals surface area contributed by atoms with Crippen LogP contribution in [0.2, 0.25) is 0 Å². The quantitative estimate of drug-likeness (QED) is 0.568. The van der Waals surface area contributed by atoms with E-state index in [0.29, 0.717) is 13.0 Å². The molecule has 4 rings (SSSR count). The van der Waals surface area contributed by atoms with Crippen LogP contribution in [0.15, 0.2) is 66.6 Å². The minimum absolute atomic E-state index is 0.0178. The zero-order valence-electron chi connectivity index (χ0n) is 15.6. The van der Waals surface area contributed by atoms with Crippen molar-refractivity contribution in [2.45, 2.75) is 12.3 Å². The van der Waals surface area contributed by atoms with Gasteiger partial charge in [0.15, 0.2) is 0 Å². The number of benzene rings is 2. The molecule has 2 aromatic carbocycles. The first-order chi connectivity index (χ1) is 13.7. The van der Waals surface area contributed by atoms with Crippen LogP contribution in [0.4, 0.5) is 5.69 Å². The summed E-state index contributed by atoms with van der Waals surface area (Å²) in [7, 11) is 1.65. The average molecular weight is 391 g/mol. The summed E-state index contributed by atoms with van der Waals surface area (Å²) >= 11 is 1.67. The minimum atomic E-state index is -0.0261. The Morgan fingerprint density at radius 3 is 2.75 bits per heavy atom. The van der Waals surface area contributed by atoms with E-state index in [1.807, 2.05) is 48.5 Å². The lowest BCUT2D eigenvalue weighted by Gasteiger charge is -2.25. The van der Waals surface area contributed by atoms with Crippen LogP contribution in [-0.2, 0) is 4.79 Å². The van der Waals surface area contributed by atoms with E-state index in [9.17, 15) is 4.79 Å². The molecular formula is C23H21NO3S. The molecule has 1 aliphatic rings. The summed E-state index contributed by atoms with van der Waals surface area (Å²) in [4.78, 5) is 13.7. The maximum absolute atomic E-state index is 12.5. The molecule has 0 radical (unpaired) electrons. The van der Waals surface area contributed by atoms with Gasteiger partial charge < -0.3 is 14.8 Å². The molecule has 0 aliphatic carbocycles. The Kier molecular flexibility index (Phi) is 5.17. The number of nitrogens with one attached hydrogen (secondary N) is 1. The molecule has 1 aromatic heterocycles. The molecule has 0 spiro atoms. The van der Waals surface area contributed by atoms with Crippen molar-refractivity contribution in [3.8, 4) is 22.6 Å². The summed E-state index contributed by atoms with van der Waals surface area (Å²) in [5.74, 6) is 1.60. The largest absolute Gasteiger partial charge is 0.497 e. The number of anilines is 1. The number of thiophene rings is 1. The summed E-state index contributed by atoms with van der Waals surface area (Å²) in [6.45, 7) is 4.15. The lowest BCUT2D eigenvalue weighted by atomic mass is 9.88. The van der Waals surface area contributed by atoms with E-state index < -0.39 is 0 Å². The van der Waals surface area contributed by atoms with E-state index >= 15 is 0 Å². The van der Waals surface area contributed by atoms with E-state index in [1.54, 1.807) is 24.5 Å². The van der Waals surface area contributed by atoms with Crippen LogP contribution in [-0.4, -0.2) is 19.6 Å². The first-order valence-corrected chi connectivity index (χ1v) is 9.97. The molecule has 0 saturated heterocycles. The fraction of sp³-hybridized carbons (Fsp3) is 0.174. The maximum Gasteiger partial charge on any atom is 0.225 e. The minimum Gasteiger partial charge on any atom is -0.497 e. The summed E-state index contributed by atoms with van der Waals surface area (Å²) in [5, 5.41) is 5.19. The third-order valence-electron chi connectivity index (χ3n) is 4.84. The molecule has 0 fully saturated rings. The highest BCUT2D eigenvalue weighted by atomic mass is 32.1. The molecule has 5 heteroatoms. The summed E-state index contributed by atoms with van der Waals surface area (Å²) in [6, 6.07) is 15.8. The number of rotatable bonds is 6. The van der Waals surface area contributed by atoms with Crippen LogP contribution in [0, 0.1) is 0 Å². The highest BCUT2D eigenvalue weighted by Crippen LogP contribution is 2.48. The number of methoxy groups -OCH3 is 1. The summed E-state index contributed by atoms with van der Waals surface area (Å²) in [5.41, 5.74) is 4.01. The Morgan fingerprint density at radius 1 is 1.21 bits per heavy atom. The molecule has 2 heterocycles. The Morgan fingerprint density at radius 2 is 2.00 bits per heavy atom. The van der Waals surface area contributed by atoms with Crippen LogP contribution in [0.3, 0.4) is 0 Å². The normalized spacial score (nSPS) is 15.5. The van der Waals surface area contributed by atoms with Gasteiger partial charge in [-0.3, -0.25) is 4.79 Å². The van der Waals surface area contributed by atoms with Crippen molar-refractivity contribution in [1.82, 2.24) is 0 Å². The molecule has 0 unspecified atom stereocenters. The molecule has 28 heavy (non-hydrogen) atoms. The highest BCUT2D eigenvalue weighted by molar-refractivity contribution is 7.11. The monoisotopic (exact) mass is 391 g/mol. The Hall–Kier alpha value is -3.05. The zero-order chi connectivity index (χ0) is 19.5. The predicted octanol–water partition coefficient (Wildman–Crippen LogP) is 5.46. The van der Waals surface area contributed by atoms with Gasteiger partial charge in [-0.2, -0.15) is 0 Å². The number of hydrogen-bond donors (Lipinski definition) is 1. The molecule has 1 atom stereocenters. The highest BCUT2D eigenvalue weighted by Gasteiger charge is 2.32. The topological polar surface area (TPSA) is 47.6 Å². The van der Waals surface area contributed by atoms with Crippen molar-refractivity contribution >= 4 is 22.9 Å². The van der Waals surface area contributed by atoms with Gasteiger partial charge in [0.25, 0.3) is 0 Å². The van der Waals surface area contributed by atoms with Crippen molar-refractivity contribution in [3.05, 3.63) is 77.0 Å². The number of carbonyl (C=O) groups is 1. The molecule has 3 aromatic rings. The molecular weight excluding hydrogens is 370 g/mol. The molecule has 1 aliphatic heterocycles. The molecule has 0 saturated carbocycles. The van der Waals surface area contributed by atoms with Gasteiger partial charge in [0.05, 0.1) is 12.8 Å². The number of hydrogen-bond acceptors (Lipinski definition) is 4. The van der Waals surface area contributed by atoms with E-state index in [4.69, 9.17) is 9.47 Å². The van der Waals surface area contributed by atoms with E-state index in [0.717, 1.165) is 38.8 Å². The zero-order valence-corrected chi connectivity index (χ0v) is 16.4. The van der Waals surface area contributed by atoms with Gasteiger partial charge in [-0.1, -0.05) is 43.0 Å². The second-order valence-corrected chi connectivity index (χ2v) is 7.47. The number of fused-ring (bicyclic) bond motifs is 1. The van der Waals surface area contributed by atoms with Crippen molar-refractivity contribution in [2.24, 2.45) is 0 Å². The average Bonchev–Trinajstić information content (AvgIpc) is 3.15. The fourth-order valence-corrected chi connectivity index (χ4v) is 4.66. The van der Waals surface area contributed by atoms with Crippen molar-refractivity contribution in [3.63, 3.8) is 0 Å². The molecule has 142 valence electrons. The van der Waals surface area contributed by atoms with Gasteiger partial charge in [0, 0.05) is 33.7 Å². The van der Waals surface area contributed by atoms with Crippen LogP contribution >= 0.6 is 11.3 Å². The smallest absolute Gasteiger partial charge is 0.225 e. The van der Waals surface area contributed by atoms with Crippen LogP contribution in [0.25, 0.3) is 11.1 Å². The first-order valence-electron chi connectivity index (χ1n) is 9.09. The second kappa shape index (κ2) is 7.90. The number of ether oxygens (including phenoxy) is 2. The van der Waals surface area contributed by atoms with Gasteiger partial charge in [-0.25, -0.2) is 0 Å². The molecule has 1 amide bonds. The van der Waals surface area contributed by atoms with E-state index in [2.05, 4.69) is 17.3 Å². The summed E-state index contributed by atoms with van der Waals surface area (Å²) in [6.07, 6.45) is 2.13. The third kappa shape index (κ3) is 3.41. The molecule has 0 bridgehead atoms. The van der Waals surface area contributed by atoms with Gasteiger partial charge in [0.2, 0.25) is 5.91 Å². The lowest BCUT2D eigenvalue weighted by Crippen LogP contribution is -2.22. The third-order valence-corrected chi connectivity index (χ3v) is 5.94. The van der Waals surface area contributed by atoms with Gasteiger partial charge in [0.1, 0.15) is 18.1 Å². The lowest BCUT2D eigenvalue weighted by molar-refractivity contribution is -0.116. The summed E-state index contributed by atoms with van der Waals surface area (Å²) < 4.78 is 11.1. The number of amides is 1. The standard InChI is InChI=1S/C23H21NO3S/c1-3-12-27-20-7-5-4-6-17(20)18-13-21(25)24-22-19(14-28-23(18)22)15-8-10-16(26-2)11-9-15/h3-11,14,18H,1,12-13H2,2H3,(H,24,25)/t18-/m0/s1. The van der Waals surface area contributed by atoms with Crippen molar-refractivity contribution in [2.75, 3.05) is 19.0 Å². The fourth-order valence-electron chi connectivity index (χ4n) is 3.51. The predicted molar refractivity (Wildman–Crippen MR) is 114 cm³/mol.